The van der Waals surface area contributed by atoms with Crippen LogP contribution in [0.5, 0.6) is 0 Å². The topological polar surface area (TPSA) is 76.3 Å². The van der Waals surface area contributed by atoms with E-state index < -0.39 is 10.0 Å². The Balaban J connectivity index is 2.28. The number of nitrogens with two attached hydrogens (primary N) is 1. The summed E-state index contributed by atoms with van der Waals surface area (Å²) in [4.78, 5) is 4.18. The molecule has 0 aliphatic rings. The van der Waals surface area contributed by atoms with Gasteiger partial charge in [0, 0.05) is 12.4 Å². The third kappa shape index (κ3) is 3.06. The quantitative estimate of drug-likeness (QED) is 0.877. The molecule has 1 aromatic carbocycles. The van der Waals surface area contributed by atoms with Crippen molar-refractivity contribution in [1.82, 2.24) is 9.29 Å². The Hall–Kier alpha value is -1.15. The van der Waals surface area contributed by atoms with Crippen LogP contribution in [0.3, 0.4) is 0 Å². The number of hydrogen-bond acceptors (Lipinski definition) is 5. The Morgan fingerprint density at radius 1 is 1.47 bits per heavy atom. The van der Waals surface area contributed by atoms with E-state index in [-0.39, 0.29) is 16.5 Å². The highest BCUT2D eigenvalue weighted by atomic mass is 35.5. The molecule has 0 spiro atoms. The van der Waals surface area contributed by atoms with Gasteiger partial charge in [-0.2, -0.15) is 4.31 Å². The molecule has 0 amide bonds. The van der Waals surface area contributed by atoms with E-state index >= 15 is 0 Å². The maximum Gasteiger partial charge on any atom is 0.243 e. The first kappa shape index (κ1) is 14.3. The van der Waals surface area contributed by atoms with Gasteiger partial charge in [0.25, 0.3) is 0 Å². The summed E-state index contributed by atoms with van der Waals surface area (Å²) in [6, 6.07) is 4.27. The molecule has 0 aliphatic heterocycles. The molecule has 102 valence electrons. The summed E-state index contributed by atoms with van der Waals surface area (Å²) in [5.74, 6) is 0. The number of hydrogen-bond donors (Lipinski definition) is 1. The minimum absolute atomic E-state index is 0.115. The highest BCUT2D eigenvalue weighted by Gasteiger charge is 2.22. The second-order valence-corrected chi connectivity index (χ2v) is 7.09. The Morgan fingerprint density at radius 2 is 2.21 bits per heavy atom. The van der Waals surface area contributed by atoms with Crippen molar-refractivity contribution in [2.75, 3.05) is 12.8 Å². The van der Waals surface area contributed by atoms with E-state index in [1.165, 1.54) is 40.9 Å². The fourth-order valence-electron chi connectivity index (χ4n) is 1.48. The van der Waals surface area contributed by atoms with Crippen LogP contribution in [0, 0.1) is 0 Å². The average Bonchev–Trinajstić information content (AvgIpc) is 2.85. The summed E-state index contributed by atoms with van der Waals surface area (Å²) in [7, 11) is -2.10. The van der Waals surface area contributed by atoms with Crippen molar-refractivity contribution in [2.45, 2.75) is 11.4 Å². The van der Waals surface area contributed by atoms with Gasteiger partial charge in [0.15, 0.2) is 0 Å². The molecular weight excluding hydrogens is 306 g/mol. The molecule has 2 rings (SSSR count). The Kier molecular flexibility index (Phi) is 4.10. The van der Waals surface area contributed by atoms with Crippen LogP contribution in [-0.4, -0.2) is 24.8 Å². The Labute approximate surface area is 120 Å². The van der Waals surface area contributed by atoms with E-state index in [1.54, 1.807) is 5.51 Å². The number of halogens is 1. The van der Waals surface area contributed by atoms with Gasteiger partial charge in [0.2, 0.25) is 10.0 Å². The predicted molar refractivity (Wildman–Crippen MR) is 76.6 cm³/mol. The number of nitrogen functional groups attached to an aromatic ring is 1. The molecule has 19 heavy (non-hydrogen) atoms. The number of thiazole rings is 1. The minimum Gasteiger partial charge on any atom is -0.398 e. The smallest absolute Gasteiger partial charge is 0.243 e. The SMILES string of the molecule is CN(Cc1cscn1)S(=O)(=O)c1ccc(N)c(Cl)c1. The van der Waals surface area contributed by atoms with Gasteiger partial charge < -0.3 is 5.73 Å². The van der Waals surface area contributed by atoms with Crippen LogP contribution in [0.25, 0.3) is 0 Å². The first-order chi connectivity index (χ1) is 8.91. The molecular formula is C11H12ClN3O2S2. The normalized spacial score (nSPS) is 11.9. The summed E-state index contributed by atoms with van der Waals surface area (Å²) in [5.41, 5.74) is 8.29. The van der Waals surface area contributed by atoms with Gasteiger partial charge in [-0.25, -0.2) is 13.4 Å². The molecule has 2 aromatic rings. The molecule has 0 radical (unpaired) electrons. The van der Waals surface area contributed by atoms with Gasteiger partial charge in [-0.15, -0.1) is 11.3 Å². The van der Waals surface area contributed by atoms with Crippen molar-refractivity contribution in [2.24, 2.45) is 0 Å². The Bertz CT molecular complexity index is 671. The van der Waals surface area contributed by atoms with E-state index in [1.807, 2.05) is 5.38 Å². The van der Waals surface area contributed by atoms with Crippen LogP contribution in [-0.2, 0) is 16.6 Å². The largest absolute Gasteiger partial charge is 0.398 e. The fourth-order valence-corrected chi connectivity index (χ4v) is 3.44. The van der Waals surface area contributed by atoms with Crippen molar-refractivity contribution >= 4 is 38.6 Å². The standard InChI is InChI=1S/C11H12ClN3O2S2/c1-15(5-8-6-18-7-14-8)19(16,17)9-2-3-11(13)10(12)4-9/h2-4,6-7H,5,13H2,1H3. The molecule has 2 N–H and O–H groups in total. The van der Waals surface area contributed by atoms with Crippen molar-refractivity contribution in [3.63, 3.8) is 0 Å². The second-order valence-electron chi connectivity index (χ2n) is 3.92. The summed E-state index contributed by atoms with van der Waals surface area (Å²) < 4.78 is 25.9. The molecule has 5 nitrogen and oxygen atoms in total. The first-order valence-corrected chi connectivity index (χ1v) is 8.06. The minimum atomic E-state index is -3.60. The third-order valence-electron chi connectivity index (χ3n) is 2.55. The van der Waals surface area contributed by atoms with Crippen molar-refractivity contribution in [3.8, 4) is 0 Å². The number of sulfonamides is 1. The van der Waals surface area contributed by atoms with Crippen LogP contribution in [0.15, 0.2) is 34.0 Å². The van der Waals surface area contributed by atoms with Gasteiger partial charge in [-0.1, -0.05) is 11.6 Å². The van der Waals surface area contributed by atoms with Crippen LogP contribution < -0.4 is 5.73 Å². The number of benzene rings is 1. The molecule has 0 saturated carbocycles. The van der Waals surface area contributed by atoms with E-state index in [0.29, 0.717) is 11.4 Å². The predicted octanol–water partition coefficient (Wildman–Crippen LogP) is 2.20. The van der Waals surface area contributed by atoms with Crippen LogP contribution in [0.1, 0.15) is 5.69 Å². The molecule has 8 heteroatoms. The summed E-state index contributed by atoms with van der Waals surface area (Å²) in [6.07, 6.45) is 0. The number of aromatic nitrogens is 1. The molecule has 0 atom stereocenters. The van der Waals surface area contributed by atoms with Gasteiger partial charge in [0.1, 0.15) is 0 Å². The van der Waals surface area contributed by atoms with Crippen LogP contribution in [0.2, 0.25) is 5.02 Å². The Morgan fingerprint density at radius 3 is 2.79 bits per heavy atom. The van der Waals surface area contributed by atoms with Crippen molar-refractivity contribution in [1.29, 1.82) is 0 Å². The number of anilines is 1. The average molecular weight is 318 g/mol. The lowest BCUT2D eigenvalue weighted by atomic mass is 10.3. The van der Waals surface area contributed by atoms with Gasteiger partial charge in [-0.05, 0) is 18.2 Å². The zero-order chi connectivity index (χ0) is 14.0. The summed E-state index contributed by atoms with van der Waals surface area (Å²) >= 11 is 7.27. The zero-order valence-corrected chi connectivity index (χ0v) is 12.5. The summed E-state index contributed by atoms with van der Waals surface area (Å²) in [6.45, 7) is 0.216. The maximum atomic E-state index is 12.3. The highest BCUT2D eigenvalue weighted by Crippen LogP contribution is 2.24. The van der Waals surface area contributed by atoms with E-state index in [2.05, 4.69) is 4.98 Å². The second kappa shape index (κ2) is 5.46. The molecule has 0 fully saturated rings. The molecule has 1 heterocycles. The molecule has 0 saturated heterocycles. The van der Waals surface area contributed by atoms with Crippen molar-refractivity contribution in [3.05, 3.63) is 39.8 Å². The number of nitrogens with zero attached hydrogens (tertiary/aromatic N) is 2. The van der Waals surface area contributed by atoms with Crippen molar-refractivity contribution < 1.29 is 8.42 Å². The van der Waals surface area contributed by atoms with Crippen LogP contribution >= 0.6 is 22.9 Å². The van der Waals surface area contributed by atoms with Crippen LogP contribution in [0.4, 0.5) is 5.69 Å². The summed E-state index contributed by atoms with van der Waals surface area (Å²) in [5, 5.41) is 2.03. The lowest BCUT2D eigenvalue weighted by Gasteiger charge is -2.16. The van der Waals surface area contributed by atoms with Gasteiger partial charge in [-0.3, -0.25) is 0 Å². The number of rotatable bonds is 4. The first-order valence-electron chi connectivity index (χ1n) is 5.29. The van der Waals surface area contributed by atoms with E-state index in [4.69, 9.17) is 17.3 Å². The molecule has 0 aliphatic carbocycles. The van der Waals surface area contributed by atoms with E-state index in [0.717, 1.165) is 0 Å². The monoisotopic (exact) mass is 317 g/mol. The fraction of sp³-hybridized carbons (Fsp3) is 0.182. The van der Waals surface area contributed by atoms with Gasteiger partial charge >= 0.3 is 0 Å². The highest BCUT2D eigenvalue weighted by molar-refractivity contribution is 7.89. The third-order valence-corrected chi connectivity index (χ3v) is 5.31. The lowest BCUT2D eigenvalue weighted by molar-refractivity contribution is 0.463. The maximum absolute atomic E-state index is 12.3. The lowest BCUT2D eigenvalue weighted by Crippen LogP contribution is -2.26. The van der Waals surface area contributed by atoms with E-state index in [9.17, 15) is 8.42 Å². The van der Waals surface area contributed by atoms with Gasteiger partial charge in [0.05, 0.1) is 33.4 Å². The molecule has 0 bridgehead atoms. The zero-order valence-electron chi connectivity index (χ0n) is 10.1. The molecule has 1 aromatic heterocycles. The molecule has 0 unspecified atom stereocenters.